The van der Waals surface area contributed by atoms with Gasteiger partial charge < -0.3 is 40.3 Å². The van der Waals surface area contributed by atoms with Crippen molar-refractivity contribution in [3.63, 3.8) is 0 Å². The van der Waals surface area contributed by atoms with Crippen LogP contribution in [0, 0.1) is 0 Å². The van der Waals surface area contributed by atoms with Gasteiger partial charge in [-0.05, 0) is 89.9 Å². The summed E-state index contributed by atoms with van der Waals surface area (Å²) in [6.07, 6.45) is 73.6. The van der Waals surface area contributed by atoms with Crippen LogP contribution < -0.4 is 5.32 Å². The van der Waals surface area contributed by atoms with E-state index in [1.807, 2.05) is 6.08 Å². The first-order valence-corrected chi connectivity index (χ1v) is 31.5. The lowest BCUT2D eigenvalue weighted by Gasteiger charge is -2.40. The molecule has 0 saturated carbocycles. The van der Waals surface area contributed by atoms with Crippen LogP contribution in [0.2, 0.25) is 0 Å². The molecule has 0 bridgehead atoms. The van der Waals surface area contributed by atoms with E-state index in [2.05, 4.69) is 104 Å². The molecule has 1 heterocycles. The monoisotopic (exact) mass is 1060 g/mol. The molecular formula is C67H117NO8. The molecular weight excluding hydrogens is 947 g/mol. The van der Waals surface area contributed by atoms with Crippen LogP contribution in [0.1, 0.15) is 264 Å². The van der Waals surface area contributed by atoms with E-state index in [-0.39, 0.29) is 12.5 Å². The predicted octanol–water partition coefficient (Wildman–Crippen LogP) is 16.4. The Kier molecular flexibility index (Phi) is 51.9. The summed E-state index contributed by atoms with van der Waals surface area (Å²) in [6, 6.07) is -0.831. The highest BCUT2D eigenvalue weighted by atomic mass is 16.7. The number of rotatable bonds is 53. The fourth-order valence-corrected chi connectivity index (χ4v) is 9.45. The third-order valence-electron chi connectivity index (χ3n) is 14.4. The van der Waals surface area contributed by atoms with Crippen LogP contribution in [-0.2, 0) is 14.3 Å². The summed E-state index contributed by atoms with van der Waals surface area (Å²) < 4.78 is 11.3. The maximum Gasteiger partial charge on any atom is 0.220 e. The lowest BCUT2D eigenvalue weighted by Crippen LogP contribution is -2.60. The number of aliphatic hydroxyl groups is 5. The molecule has 7 atom stereocenters. The average Bonchev–Trinajstić information content (AvgIpc) is 3.42. The Morgan fingerprint density at radius 1 is 0.461 bits per heavy atom. The molecule has 7 unspecified atom stereocenters. The van der Waals surface area contributed by atoms with Crippen LogP contribution in [0.3, 0.4) is 0 Å². The van der Waals surface area contributed by atoms with E-state index in [1.165, 1.54) is 161 Å². The number of carbonyl (C=O) groups is 1. The Bertz CT molecular complexity index is 1510. The number of ether oxygens (including phenoxy) is 2. The first-order valence-electron chi connectivity index (χ1n) is 31.5. The topological polar surface area (TPSA) is 149 Å². The lowest BCUT2D eigenvalue weighted by atomic mass is 9.99. The Balaban J connectivity index is 2.11. The van der Waals surface area contributed by atoms with Gasteiger partial charge in [0, 0.05) is 6.42 Å². The maximum atomic E-state index is 13.1. The number of nitrogens with one attached hydrogen (secondary N) is 1. The fraction of sp³-hybridized carbons (Fsp3) is 0.746. The molecule has 438 valence electrons. The molecule has 0 aliphatic carbocycles. The van der Waals surface area contributed by atoms with Gasteiger partial charge >= 0.3 is 0 Å². The van der Waals surface area contributed by atoms with Crippen LogP contribution in [0.5, 0.6) is 0 Å². The van der Waals surface area contributed by atoms with Crippen molar-refractivity contribution in [3.8, 4) is 0 Å². The van der Waals surface area contributed by atoms with Crippen LogP contribution in [0.15, 0.2) is 97.2 Å². The number of unbranched alkanes of at least 4 members (excludes halogenated alkanes) is 29. The molecule has 0 radical (unpaired) electrons. The van der Waals surface area contributed by atoms with E-state index in [0.29, 0.717) is 6.42 Å². The standard InChI is InChI=1S/C67H117NO8/c1-3-5-7-9-11-13-15-17-19-21-22-23-24-25-26-27-28-29-30-31-32-33-34-35-36-37-38-39-40-41-43-45-47-49-51-53-55-57-63(71)68-60(59-75-67-66(74)65(73)64(72)62(58-69)76-67)61(70)56-54-52-50-48-46-44-42-20-18-16-14-12-10-8-6-4-2/h5,7,11,13,17-20,22-23,25-26,46,48,54,56,60-62,64-67,69-70,72-74H,3-4,6,8-10,12,14-16,21,24,27-45,47,49-53,55,57-59H2,1-2H3,(H,68,71)/b7-5-,13-11-,19-17-,20-18+,23-22-,26-25-,48-46+,56-54+. The van der Waals surface area contributed by atoms with Crippen molar-refractivity contribution in [1.82, 2.24) is 5.32 Å². The Morgan fingerprint density at radius 2 is 0.829 bits per heavy atom. The summed E-state index contributed by atoms with van der Waals surface area (Å²) in [7, 11) is 0. The van der Waals surface area contributed by atoms with Crippen molar-refractivity contribution in [3.05, 3.63) is 97.2 Å². The summed E-state index contributed by atoms with van der Waals surface area (Å²) >= 11 is 0. The Morgan fingerprint density at radius 3 is 1.26 bits per heavy atom. The molecule has 1 fully saturated rings. The number of carbonyl (C=O) groups excluding carboxylic acids is 1. The van der Waals surface area contributed by atoms with E-state index in [0.717, 1.165) is 83.5 Å². The molecule has 9 heteroatoms. The zero-order valence-corrected chi connectivity index (χ0v) is 48.7. The Hall–Kier alpha value is -2.89. The molecule has 0 aromatic carbocycles. The summed E-state index contributed by atoms with van der Waals surface area (Å²) in [5.41, 5.74) is 0. The van der Waals surface area contributed by atoms with Gasteiger partial charge in [-0.3, -0.25) is 4.79 Å². The summed E-state index contributed by atoms with van der Waals surface area (Å²) in [5, 5.41) is 54.5. The van der Waals surface area contributed by atoms with Crippen LogP contribution in [0.25, 0.3) is 0 Å². The quantitative estimate of drug-likeness (QED) is 0.0261. The smallest absolute Gasteiger partial charge is 0.220 e. The van der Waals surface area contributed by atoms with Gasteiger partial charge in [0.2, 0.25) is 5.91 Å². The second-order valence-electron chi connectivity index (χ2n) is 21.4. The normalized spacial score (nSPS) is 19.5. The van der Waals surface area contributed by atoms with Crippen molar-refractivity contribution in [1.29, 1.82) is 0 Å². The minimum Gasteiger partial charge on any atom is -0.394 e. The number of amides is 1. The molecule has 0 spiro atoms. The van der Waals surface area contributed by atoms with Crippen molar-refractivity contribution >= 4 is 5.91 Å². The van der Waals surface area contributed by atoms with Crippen LogP contribution in [-0.4, -0.2) is 87.5 Å². The van der Waals surface area contributed by atoms with Crippen molar-refractivity contribution < 1.29 is 39.8 Å². The minimum atomic E-state index is -1.58. The van der Waals surface area contributed by atoms with E-state index >= 15 is 0 Å². The first kappa shape index (κ1) is 71.1. The molecule has 1 rings (SSSR count). The summed E-state index contributed by atoms with van der Waals surface area (Å²) in [6.45, 7) is 3.64. The van der Waals surface area contributed by atoms with Gasteiger partial charge in [-0.2, -0.15) is 0 Å². The molecule has 0 aromatic heterocycles. The Labute approximate surface area is 466 Å². The SMILES string of the molecule is CC/C=C\C/C=C\C/C=C\C/C=C\C/C=C\CCCCCCCCCCCCCCCCCCCCCCCC(=O)NC(COC1OC(CO)C(O)C(O)C1O)C(O)/C=C/CC/C=C/CC/C=C/CCCCCCCC. The predicted molar refractivity (Wildman–Crippen MR) is 322 cm³/mol. The number of allylic oxidation sites excluding steroid dienone is 15. The second kappa shape index (κ2) is 55.4. The van der Waals surface area contributed by atoms with Gasteiger partial charge in [0.1, 0.15) is 24.4 Å². The van der Waals surface area contributed by atoms with Gasteiger partial charge in [-0.25, -0.2) is 0 Å². The van der Waals surface area contributed by atoms with E-state index in [1.54, 1.807) is 6.08 Å². The first-order chi connectivity index (χ1) is 37.3. The highest BCUT2D eigenvalue weighted by molar-refractivity contribution is 5.76. The highest BCUT2D eigenvalue weighted by Crippen LogP contribution is 2.23. The van der Waals surface area contributed by atoms with Gasteiger partial charge in [0.25, 0.3) is 0 Å². The third-order valence-corrected chi connectivity index (χ3v) is 14.4. The van der Waals surface area contributed by atoms with E-state index in [9.17, 15) is 30.3 Å². The number of aliphatic hydroxyl groups excluding tert-OH is 5. The van der Waals surface area contributed by atoms with Crippen LogP contribution in [0.4, 0.5) is 0 Å². The van der Waals surface area contributed by atoms with Crippen molar-refractivity contribution in [2.45, 2.75) is 307 Å². The van der Waals surface area contributed by atoms with Crippen LogP contribution >= 0.6 is 0 Å². The summed E-state index contributed by atoms with van der Waals surface area (Å²) in [4.78, 5) is 13.1. The maximum absolute atomic E-state index is 13.1. The third kappa shape index (κ3) is 44.0. The van der Waals surface area contributed by atoms with Gasteiger partial charge in [0.15, 0.2) is 6.29 Å². The molecule has 1 aliphatic rings. The second-order valence-corrected chi connectivity index (χ2v) is 21.4. The number of hydrogen-bond donors (Lipinski definition) is 6. The highest BCUT2D eigenvalue weighted by Gasteiger charge is 2.44. The largest absolute Gasteiger partial charge is 0.394 e. The van der Waals surface area contributed by atoms with Gasteiger partial charge in [-0.15, -0.1) is 0 Å². The lowest BCUT2D eigenvalue weighted by molar-refractivity contribution is -0.302. The van der Waals surface area contributed by atoms with E-state index < -0.39 is 49.5 Å². The molecule has 76 heavy (non-hydrogen) atoms. The molecule has 1 aliphatic heterocycles. The molecule has 1 amide bonds. The molecule has 0 aromatic rings. The fourth-order valence-electron chi connectivity index (χ4n) is 9.45. The van der Waals surface area contributed by atoms with Gasteiger partial charge in [0.05, 0.1) is 25.4 Å². The average molecular weight is 1060 g/mol. The molecule has 1 saturated heterocycles. The van der Waals surface area contributed by atoms with Crippen molar-refractivity contribution in [2.24, 2.45) is 0 Å². The summed E-state index contributed by atoms with van der Waals surface area (Å²) in [5.74, 6) is -0.190. The zero-order chi connectivity index (χ0) is 55.0. The van der Waals surface area contributed by atoms with E-state index in [4.69, 9.17) is 9.47 Å². The molecule has 9 nitrogen and oxygen atoms in total. The molecule has 6 N–H and O–H groups in total. The van der Waals surface area contributed by atoms with Crippen molar-refractivity contribution in [2.75, 3.05) is 13.2 Å². The van der Waals surface area contributed by atoms with Gasteiger partial charge in [-0.1, -0.05) is 265 Å². The minimum absolute atomic E-state index is 0.190. The number of hydrogen-bond acceptors (Lipinski definition) is 8. The zero-order valence-electron chi connectivity index (χ0n) is 48.7.